The fourth-order valence-electron chi connectivity index (χ4n) is 1.78. The van der Waals surface area contributed by atoms with E-state index in [-0.39, 0.29) is 4.90 Å². The van der Waals surface area contributed by atoms with E-state index in [1.807, 2.05) is 6.07 Å². The summed E-state index contributed by atoms with van der Waals surface area (Å²) in [6.45, 7) is 7.25. The number of hydrogen-bond acceptors (Lipinski definition) is 3. The van der Waals surface area contributed by atoms with Crippen LogP contribution in [-0.4, -0.2) is 34.6 Å². The van der Waals surface area contributed by atoms with Crippen molar-refractivity contribution in [2.24, 2.45) is 0 Å². The first-order valence-electron chi connectivity index (χ1n) is 6.36. The van der Waals surface area contributed by atoms with Crippen LogP contribution in [0, 0.1) is 11.3 Å². The van der Waals surface area contributed by atoms with Crippen LogP contribution in [0.5, 0.6) is 0 Å². The van der Waals surface area contributed by atoms with Gasteiger partial charge in [0.15, 0.2) is 0 Å². The summed E-state index contributed by atoms with van der Waals surface area (Å²) in [5.74, 6) is 0. The molecule has 104 valence electrons. The molecule has 0 bridgehead atoms. The molecule has 0 aliphatic carbocycles. The van der Waals surface area contributed by atoms with Gasteiger partial charge in [0.05, 0.1) is 42.7 Å². The third kappa shape index (κ3) is 4.63. The third-order valence-electron chi connectivity index (χ3n) is 3.04. The Morgan fingerprint density at radius 2 is 2.00 bits per heavy atom. The summed E-state index contributed by atoms with van der Waals surface area (Å²) in [5, 5.41) is 8.77. The van der Waals surface area contributed by atoms with Crippen molar-refractivity contribution in [3.63, 3.8) is 0 Å². The van der Waals surface area contributed by atoms with Crippen LogP contribution in [0.25, 0.3) is 0 Å². The molecule has 0 radical (unpaired) electrons. The van der Waals surface area contributed by atoms with Crippen LogP contribution in [0.2, 0.25) is 0 Å². The third-order valence-corrected chi connectivity index (χ3v) is 4.50. The first-order chi connectivity index (χ1) is 9.03. The van der Waals surface area contributed by atoms with Crippen molar-refractivity contribution in [2.75, 3.05) is 26.2 Å². The van der Waals surface area contributed by atoms with Gasteiger partial charge in [-0.3, -0.25) is 0 Å². The minimum Gasteiger partial charge on any atom is -0.334 e. The van der Waals surface area contributed by atoms with Crippen LogP contribution in [-0.2, 0) is 10.0 Å². The highest BCUT2D eigenvalue weighted by molar-refractivity contribution is 7.89. The Hall–Kier alpha value is -1.42. The van der Waals surface area contributed by atoms with E-state index in [0.717, 1.165) is 19.6 Å². The monoisotopic (exact) mass is 282 g/mol. The number of nitrogens with one attached hydrogen (secondary N) is 2. The van der Waals surface area contributed by atoms with Crippen molar-refractivity contribution in [3.8, 4) is 6.07 Å². The van der Waals surface area contributed by atoms with Crippen molar-refractivity contribution < 1.29 is 13.3 Å². The van der Waals surface area contributed by atoms with Gasteiger partial charge in [-0.1, -0.05) is 6.07 Å². The highest BCUT2D eigenvalue weighted by Gasteiger charge is 2.14. The van der Waals surface area contributed by atoms with E-state index >= 15 is 0 Å². The number of nitriles is 1. The van der Waals surface area contributed by atoms with E-state index in [1.165, 1.54) is 17.0 Å². The number of hydrogen-bond donors (Lipinski definition) is 2. The van der Waals surface area contributed by atoms with Gasteiger partial charge in [0.25, 0.3) is 0 Å². The first kappa shape index (κ1) is 15.6. The second-order valence-corrected chi connectivity index (χ2v) is 6.01. The average Bonchev–Trinajstić information content (AvgIpc) is 2.43. The summed E-state index contributed by atoms with van der Waals surface area (Å²) in [6.07, 6.45) is 0. The van der Waals surface area contributed by atoms with Crippen LogP contribution in [0.4, 0.5) is 0 Å². The van der Waals surface area contributed by atoms with Crippen LogP contribution >= 0.6 is 0 Å². The van der Waals surface area contributed by atoms with Gasteiger partial charge >= 0.3 is 0 Å². The fraction of sp³-hybridized carbons (Fsp3) is 0.462. The van der Waals surface area contributed by atoms with E-state index in [4.69, 9.17) is 5.26 Å². The smallest absolute Gasteiger partial charge is 0.240 e. The number of rotatable bonds is 7. The molecule has 0 spiro atoms. The van der Waals surface area contributed by atoms with Crippen molar-refractivity contribution in [3.05, 3.63) is 29.8 Å². The predicted molar refractivity (Wildman–Crippen MR) is 73.3 cm³/mol. The Bertz CT molecular complexity index is 545. The maximum absolute atomic E-state index is 12.0. The lowest BCUT2D eigenvalue weighted by Gasteiger charge is -2.15. The molecule has 0 saturated carbocycles. The highest BCUT2D eigenvalue weighted by Crippen LogP contribution is 2.10. The summed E-state index contributed by atoms with van der Waals surface area (Å²) >= 11 is 0. The van der Waals surface area contributed by atoms with Crippen molar-refractivity contribution in [1.29, 1.82) is 5.26 Å². The predicted octanol–water partition coefficient (Wildman–Crippen LogP) is -0.239. The lowest BCUT2D eigenvalue weighted by Crippen LogP contribution is -3.12. The van der Waals surface area contributed by atoms with Crippen LogP contribution in [0.1, 0.15) is 19.4 Å². The molecule has 0 saturated heterocycles. The molecule has 0 aliphatic rings. The molecule has 0 aromatic heterocycles. The molecule has 0 amide bonds. The number of benzene rings is 1. The number of nitrogens with zero attached hydrogens (tertiary/aromatic N) is 1. The molecule has 1 aromatic carbocycles. The minimum absolute atomic E-state index is 0.140. The van der Waals surface area contributed by atoms with Crippen LogP contribution < -0.4 is 9.62 Å². The molecule has 19 heavy (non-hydrogen) atoms. The van der Waals surface area contributed by atoms with Gasteiger partial charge in [-0.05, 0) is 32.0 Å². The Morgan fingerprint density at radius 1 is 1.32 bits per heavy atom. The molecule has 5 nitrogen and oxygen atoms in total. The van der Waals surface area contributed by atoms with Gasteiger partial charge in [0, 0.05) is 0 Å². The normalized spacial score (nSPS) is 11.5. The zero-order valence-electron chi connectivity index (χ0n) is 11.3. The lowest BCUT2D eigenvalue weighted by molar-refractivity contribution is -0.895. The van der Waals surface area contributed by atoms with Crippen molar-refractivity contribution >= 4 is 10.0 Å². The Morgan fingerprint density at radius 3 is 2.58 bits per heavy atom. The van der Waals surface area contributed by atoms with Gasteiger partial charge in [-0.2, -0.15) is 5.26 Å². The SMILES string of the molecule is CC[NH+](CC)CCNS(=O)(=O)c1cccc(C#N)c1. The molecule has 0 atom stereocenters. The maximum atomic E-state index is 12.0. The molecule has 0 aliphatic heterocycles. The summed E-state index contributed by atoms with van der Waals surface area (Å²) in [6, 6.07) is 7.97. The number of likely N-dealkylation sites (N-methyl/N-ethyl adjacent to an activating group) is 1. The quantitative estimate of drug-likeness (QED) is 0.725. The molecular formula is C13H20N3O2S+. The minimum atomic E-state index is -3.52. The largest absolute Gasteiger partial charge is 0.334 e. The van der Waals surface area contributed by atoms with E-state index in [0.29, 0.717) is 12.1 Å². The van der Waals surface area contributed by atoms with Gasteiger partial charge in [-0.15, -0.1) is 0 Å². The Balaban J connectivity index is 2.68. The maximum Gasteiger partial charge on any atom is 0.240 e. The molecule has 2 N–H and O–H groups in total. The van der Waals surface area contributed by atoms with E-state index in [2.05, 4.69) is 18.6 Å². The fourth-order valence-corrected chi connectivity index (χ4v) is 2.86. The molecule has 0 heterocycles. The molecule has 6 heteroatoms. The second-order valence-electron chi connectivity index (χ2n) is 4.24. The number of quaternary nitrogens is 1. The Labute approximate surface area is 114 Å². The standard InChI is InChI=1S/C13H19N3O2S/c1-3-16(4-2)9-8-15-19(17,18)13-7-5-6-12(10-13)11-14/h5-7,10,15H,3-4,8-9H2,1-2H3/p+1. The van der Waals surface area contributed by atoms with Crippen LogP contribution in [0.3, 0.4) is 0 Å². The van der Waals surface area contributed by atoms with Crippen LogP contribution in [0.15, 0.2) is 29.2 Å². The summed E-state index contributed by atoms with van der Waals surface area (Å²) in [5.41, 5.74) is 0.345. The lowest BCUT2D eigenvalue weighted by atomic mass is 10.2. The number of sulfonamides is 1. The average molecular weight is 282 g/mol. The summed E-state index contributed by atoms with van der Waals surface area (Å²) < 4.78 is 26.6. The second kappa shape index (κ2) is 7.24. The van der Waals surface area contributed by atoms with E-state index in [9.17, 15) is 8.42 Å². The molecule has 1 rings (SSSR count). The van der Waals surface area contributed by atoms with Gasteiger partial charge < -0.3 is 4.90 Å². The van der Waals surface area contributed by atoms with Crippen molar-refractivity contribution in [2.45, 2.75) is 18.7 Å². The molecule has 1 aromatic rings. The molecule has 0 fully saturated rings. The van der Waals surface area contributed by atoms with Gasteiger partial charge in [0.2, 0.25) is 10.0 Å². The van der Waals surface area contributed by atoms with Gasteiger partial charge in [-0.25, -0.2) is 13.1 Å². The van der Waals surface area contributed by atoms with Crippen molar-refractivity contribution in [1.82, 2.24) is 4.72 Å². The molecule has 0 unspecified atom stereocenters. The Kier molecular flexibility index (Phi) is 5.96. The first-order valence-corrected chi connectivity index (χ1v) is 7.85. The zero-order chi connectivity index (χ0) is 14.3. The van der Waals surface area contributed by atoms with E-state index in [1.54, 1.807) is 12.1 Å². The van der Waals surface area contributed by atoms with Gasteiger partial charge in [0.1, 0.15) is 0 Å². The summed E-state index contributed by atoms with van der Waals surface area (Å²) in [7, 11) is -3.52. The topological polar surface area (TPSA) is 74.4 Å². The summed E-state index contributed by atoms with van der Waals surface area (Å²) in [4.78, 5) is 1.48. The molecular weight excluding hydrogens is 262 g/mol. The highest BCUT2D eigenvalue weighted by atomic mass is 32.2. The zero-order valence-corrected chi connectivity index (χ0v) is 12.1. The van der Waals surface area contributed by atoms with E-state index < -0.39 is 10.0 Å².